The Kier molecular flexibility index (Phi) is 5.40. The van der Waals surface area contributed by atoms with Crippen LogP contribution < -0.4 is 0 Å². The Bertz CT molecular complexity index is 838. The first-order chi connectivity index (χ1) is 11.5. The molecule has 0 aliphatic carbocycles. The van der Waals surface area contributed by atoms with Gasteiger partial charge in [-0.1, -0.05) is 29.8 Å². The van der Waals surface area contributed by atoms with E-state index in [2.05, 4.69) is 0 Å². The molecule has 2 aromatic heterocycles. The molecule has 1 aromatic carbocycles. The van der Waals surface area contributed by atoms with Crippen LogP contribution in [0.1, 0.15) is 16.9 Å². The highest BCUT2D eigenvalue weighted by Crippen LogP contribution is 2.23. The SMILES string of the molecule is O=S(=O)(Cc1ccccc1Cl)N(Cc1ccsc1)Cc1ccco1. The lowest BCUT2D eigenvalue weighted by Crippen LogP contribution is -2.31. The van der Waals surface area contributed by atoms with Gasteiger partial charge in [0.1, 0.15) is 5.76 Å². The van der Waals surface area contributed by atoms with E-state index in [1.807, 2.05) is 16.8 Å². The van der Waals surface area contributed by atoms with Crippen LogP contribution in [-0.2, 0) is 28.9 Å². The molecule has 0 aliphatic rings. The molecule has 0 spiro atoms. The predicted octanol–water partition coefficient (Wildman–Crippen LogP) is 4.53. The van der Waals surface area contributed by atoms with Crippen LogP contribution in [0.2, 0.25) is 5.02 Å². The number of benzene rings is 1. The van der Waals surface area contributed by atoms with E-state index in [0.717, 1.165) is 5.56 Å². The number of furan rings is 1. The number of rotatable bonds is 7. The van der Waals surface area contributed by atoms with Gasteiger partial charge in [0.25, 0.3) is 0 Å². The van der Waals surface area contributed by atoms with Crippen molar-refractivity contribution in [1.29, 1.82) is 0 Å². The molecule has 3 rings (SSSR count). The van der Waals surface area contributed by atoms with E-state index in [1.165, 1.54) is 4.31 Å². The Morgan fingerprint density at radius 1 is 1.08 bits per heavy atom. The largest absolute Gasteiger partial charge is 0.468 e. The van der Waals surface area contributed by atoms with Gasteiger partial charge in [0.15, 0.2) is 0 Å². The molecule has 0 amide bonds. The van der Waals surface area contributed by atoms with E-state index in [-0.39, 0.29) is 12.3 Å². The maximum absolute atomic E-state index is 12.9. The van der Waals surface area contributed by atoms with Crippen molar-refractivity contribution < 1.29 is 12.8 Å². The van der Waals surface area contributed by atoms with Crippen LogP contribution in [0, 0.1) is 0 Å². The van der Waals surface area contributed by atoms with E-state index in [1.54, 1.807) is 54.0 Å². The standard InChI is InChI=1S/C17H16ClNO3S2/c18-17-6-2-1-4-15(17)13-24(20,21)19(10-14-7-9-23-12-14)11-16-5-3-8-22-16/h1-9,12H,10-11,13H2. The van der Waals surface area contributed by atoms with Gasteiger partial charge >= 0.3 is 0 Å². The highest BCUT2D eigenvalue weighted by molar-refractivity contribution is 7.88. The lowest BCUT2D eigenvalue weighted by atomic mass is 10.2. The van der Waals surface area contributed by atoms with Crippen LogP contribution in [0.4, 0.5) is 0 Å². The molecular formula is C17H16ClNO3S2. The zero-order valence-corrected chi connectivity index (χ0v) is 15.2. The number of sulfonamides is 1. The summed E-state index contributed by atoms with van der Waals surface area (Å²) in [5.41, 5.74) is 1.54. The van der Waals surface area contributed by atoms with E-state index >= 15 is 0 Å². The van der Waals surface area contributed by atoms with Crippen molar-refractivity contribution in [3.05, 3.63) is 81.4 Å². The summed E-state index contributed by atoms with van der Waals surface area (Å²) in [6, 6.07) is 12.4. The van der Waals surface area contributed by atoms with Gasteiger partial charge in [-0.3, -0.25) is 0 Å². The summed E-state index contributed by atoms with van der Waals surface area (Å²) in [5.74, 6) is 0.463. The molecule has 0 fully saturated rings. The van der Waals surface area contributed by atoms with Gasteiger partial charge in [-0.05, 0) is 46.2 Å². The smallest absolute Gasteiger partial charge is 0.219 e. The van der Waals surface area contributed by atoms with Crippen molar-refractivity contribution in [2.45, 2.75) is 18.8 Å². The van der Waals surface area contributed by atoms with Crippen molar-refractivity contribution in [3.8, 4) is 0 Å². The van der Waals surface area contributed by atoms with Crippen LogP contribution in [0.15, 0.2) is 63.9 Å². The van der Waals surface area contributed by atoms with E-state index < -0.39 is 10.0 Å². The molecule has 0 saturated heterocycles. The molecule has 0 aliphatic heterocycles. The van der Waals surface area contributed by atoms with Crippen LogP contribution in [-0.4, -0.2) is 12.7 Å². The van der Waals surface area contributed by atoms with Crippen molar-refractivity contribution in [2.24, 2.45) is 0 Å². The van der Waals surface area contributed by atoms with Gasteiger partial charge in [-0.2, -0.15) is 15.6 Å². The van der Waals surface area contributed by atoms with Crippen LogP contribution >= 0.6 is 22.9 Å². The molecule has 0 atom stereocenters. The second-order valence-corrected chi connectivity index (χ2v) is 8.48. The molecule has 0 saturated carbocycles. The summed E-state index contributed by atoms with van der Waals surface area (Å²) in [4.78, 5) is 0. The summed E-state index contributed by atoms with van der Waals surface area (Å²) in [7, 11) is -3.56. The fourth-order valence-electron chi connectivity index (χ4n) is 2.32. The summed E-state index contributed by atoms with van der Waals surface area (Å²) in [6.07, 6.45) is 1.54. The molecule has 4 nitrogen and oxygen atoms in total. The van der Waals surface area contributed by atoms with Gasteiger partial charge in [0, 0.05) is 11.6 Å². The highest BCUT2D eigenvalue weighted by Gasteiger charge is 2.25. The topological polar surface area (TPSA) is 50.5 Å². The van der Waals surface area contributed by atoms with Gasteiger partial charge in [-0.25, -0.2) is 8.42 Å². The Morgan fingerprint density at radius 3 is 2.58 bits per heavy atom. The molecule has 0 N–H and O–H groups in total. The molecule has 0 radical (unpaired) electrons. The molecule has 2 heterocycles. The third-order valence-corrected chi connectivity index (χ3v) is 6.36. The Morgan fingerprint density at radius 2 is 1.92 bits per heavy atom. The molecule has 3 aromatic rings. The fourth-order valence-corrected chi connectivity index (χ4v) is 4.76. The number of halogens is 1. The fraction of sp³-hybridized carbons (Fsp3) is 0.176. The first-order valence-corrected chi connectivity index (χ1v) is 10.2. The third-order valence-electron chi connectivity index (χ3n) is 3.54. The minimum absolute atomic E-state index is 0.141. The maximum atomic E-state index is 12.9. The number of nitrogens with zero attached hydrogens (tertiary/aromatic N) is 1. The summed E-state index contributed by atoms with van der Waals surface area (Å²) < 4.78 is 32.6. The lowest BCUT2D eigenvalue weighted by Gasteiger charge is -2.21. The van der Waals surface area contributed by atoms with Gasteiger partial charge in [0.2, 0.25) is 10.0 Å². The van der Waals surface area contributed by atoms with E-state index in [4.69, 9.17) is 16.0 Å². The van der Waals surface area contributed by atoms with Crippen LogP contribution in [0.25, 0.3) is 0 Å². The summed E-state index contributed by atoms with van der Waals surface area (Å²) in [6.45, 7) is 0.493. The van der Waals surface area contributed by atoms with Gasteiger partial charge in [-0.15, -0.1) is 0 Å². The minimum atomic E-state index is -3.56. The molecular weight excluding hydrogens is 366 g/mol. The zero-order chi connectivity index (χ0) is 17.0. The average molecular weight is 382 g/mol. The molecule has 0 bridgehead atoms. The lowest BCUT2D eigenvalue weighted by molar-refractivity contribution is 0.358. The Balaban J connectivity index is 1.86. The van der Waals surface area contributed by atoms with Crippen LogP contribution in [0.5, 0.6) is 0 Å². The van der Waals surface area contributed by atoms with Crippen molar-refractivity contribution in [2.75, 3.05) is 0 Å². The second-order valence-electron chi connectivity index (χ2n) is 5.33. The van der Waals surface area contributed by atoms with Crippen molar-refractivity contribution in [3.63, 3.8) is 0 Å². The summed E-state index contributed by atoms with van der Waals surface area (Å²) >= 11 is 7.66. The second kappa shape index (κ2) is 7.53. The average Bonchev–Trinajstić information content (AvgIpc) is 3.22. The summed E-state index contributed by atoms with van der Waals surface area (Å²) in [5, 5.41) is 4.33. The molecule has 7 heteroatoms. The first-order valence-electron chi connectivity index (χ1n) is 7.29. The van der Waals surface area contributed by atoms with Crippen molar-refractivity contribution >= 4 is 33.0 Å². The zero-order valence-electron chi connectivity index (χ0n) is 12.8. The molecule has 126 valence electrons. The van der Waals surface area contributed by atoms with Gasteiger partial charge in [0.05, 0.1) is 18.6 Å². The predicted molar refractivity (Wildman–Crippen MR) is 96.3 cm³/mol. The van der Waals surface area contributed by atoms with Crippen LogP contribution in [0.3, 0.4) is 0 Å². The minimum Gasteiger partial charge on any atom is -0.468 e. The monoisotopic (exact) mass is 381 g/mol. The van der Waals surface area contributed by atoms with E-state index in [0.29, 0.717) is 22.9 Å². The maximum Gasteiger partial charge on any atom is 0.219 e. The molecule has 24 heavy (non-hydrogen) atoms. The van der Waals surface area contributed by atoms with Gasteiger partial charge < -0.3 is 4.42 Å². The Hall–Kier alpha value is -1.60. The normalized spacial score (nSPS) is 11.9. The number of hydrogen-bond acceptors (Lipinski definition) is 4. The van der Waals surface area contributed by atoms with E-state index in [9.17, 15) is 8.42 Å². The third kappa shape index (κ3) is 4.27. The number of hydrogen-bond donors (Lipinski definition) is 0. The number of thiophene rings is 1. The Labute approximate surface area is 150 Å². The van der Waals surface area contributed by atoms with Crippen molar-refractivity contribution in [1.82, 2.24) is 4.31 Å². The first kappa shape index (κ1) is 17.2. The highest BCUT2D eigenvalue weighted by atomic mass is 35.5. The molecule has 0 unspecified atom stereocenters. The quantitative estimate of drug-likeness (QED) is 0.604.